The molecule has 0 saturated heterocycles. The lowest BCUT2D eigenvalue weighted by atomic mass is 10.1. The molecule has 1 aromatic carbocycles. The number of benzene rings is 1. The Balaban J connectivity index is 1.72. The normalized spacial score (nSPS) is 10.8. The highest BCUT2D eigenvalue weighted by molar-refractivity contribution is 8.00. The average molecular weight is 304 g/mol. The molecular weight excluding hydrogens is 292 g/mol. The van der Waals surface area contributed by atoms with E-state index in [9.17, 15) is 0 Å². The van der Waals surface area contributed by atoms with Crippen LogP contribution >= 0.6 is 23.1 Å². The van der Waals surface area contributed by atoms with Crippen LogP contribution < -0.4 is 5.73 Å². The Morgan fingerprint density at radius 1 is 1.35 bits per heavy atom. The lowest BCUT2D eigenvalue weighted by molar-refractivity contribution is 0.391. The summed E-state index contributed by atoms with van der Waals surface area (Å²) in [6.45, 7) is 2.03. The number of rotatable bonds is 4. The van der Waals surface area contributed by atoms with Crippen LogP contribution in [0, 0.1) is 6.92 Å². The van der Waals surface area contributed by atoms with Crippen LogP contribution in [0.4, 0.5) is 5.13 Å². The zero-order valence-corrected chi connectivity index (χ0v) is 12.4. The zero-order chi connectivity index (χ0) is 13.9. The molecule has 0 saturated carbocycles. The van der Waals surface area contributed by atoms with Crippen molar-refractivity contribution in [3.63, 3.8) is 0 Å². The minimum Gasteiger partial charge on any atom is -0.375 e. The van der Waals surface area contributed by atoms with Crippen molar-refractivity contribution < 1.29 is 4.52 Å². The fraction of sp³-hybridized carbons (Fsp3) is 0.154. The molecule has 20 heavy (non-hydrogen) atoms. The molecule has 0 radical (unpaired) electrons. The predicted octanol–water partition coefficient (Wildman–Crippen LogP) is 3.38. The molecule has 102 valence electrons. The highest BCUT2D eigenvalue weighted by Gasteiger charge is 2.11. The fourth-order valence-electron chi connectivity index (χ4n) is 1.72. The van der Waals surface area contributed by atoms with Crippen molar-refractivity contribution in [2.45, 2.75) is 16.9 Å². The standard InChI is InChI=1S/C13H12N4OS2/c1-8-4-2-3-5-9(8)12-16-10(18-17-12)7-19-11-6-15-13(14)20-11/h2-6H,7H2,1H3,(H2,14,15). The van der Waals surface area contributed by atoms with E-state index in [-0.39, 0.29) is 0 Å². The van der Waals surface area contributed by atoms with Crippen LogP contribution in [0.2, 0.25) is 0 Å². The number of anilines is 1. The number of hydrogen-bond donors (Lipinski definition) is 1. The SMILES string of the molecule is Cc1ccccc1-c1noc(CSc2cnc(N)s2)n1. The second-order valence-electron chi connectivity index (χ2n) is 4.13. The smallest absolute Gasteiger partial charge is 0.237 e. The molecule has 3 aromatic rings. The van der Waals surface area contributed by atoms with E-state index in [1.54, 1.807) is 18.0 Å². The van der Waals surface area contributed by atoms with E-state index in [0.717, 1.165) is 15.3 Å². The Bertz CT molecular complexity index is 722. The monoisotopic (exact) mass is 304 g/mol. The van der Waals surface area contributed by atoms with Gasteiger partial charge in [-0.3, -0.25) is 0 Å². The van der Waals surface area contributed by atoms with E-state index in [0.29, 0.717) is 22.6 Å². The maximum Gasteiger partial charge on any atom is 0.237 e. The first kappa shape index (κ1) is 13.1. The second-order valence-corrected chi connectivity index (χ2v) is 6.47. The van der Waals surface area contributed by atoms with E-state index < -0.39 is 0 Å². The summed E-state index contributed by atoms with van der Waals surface area (Å²) in [6, 6.07) is 7.97. The Morgan fingerprint density at radius 2 is 2.20 bits per heavy atom. The molecule has 0 aliphatic rings. The average Bonchev–Trinajstić information content (AvgIpc) is 3.06. The number of hydrogen-bond acceptors (Lipinski definition) is 7. The van der Waals surface area contributed by atoms with Crippen LogP contribution in [0.25, 0.3) is 11.4 Å². The number of nitrogen functional groups attached to an aromatic ring is 1. The van der Waals surface area contributed by atoms with Gasteiger partial charge < -0.3 is 10.3 Å². The van der Waals surface area contributed by atoms with Crippen molar-refractivity contribution in [3.05, 3.63) is 41.9 Å². The molecular formula is C13H12N4OS2. The van der Waals surface area contributed by atoms with Gasteiger partial charge in [0.25, 0.3) is 0 Å². The van der Waals surface area contributed by atoms with Crippen molar-refractivity contribution in [2.24, 2.45) is 0 Å². The first-order chi connectivity index (χ1) is 9.72. The van der Waals surface area contributed by atoms with Gasteiger partial charge in [0.15, 0.2) is 5.13 Å². The second kappa shape index (κ2) is 5.64. The first-order valence-corrected chi connectivity index (χ1v) is 7.75. The molecule has 0 spiro atoms. The van der Waals surface area contributed by atoms with Crippen molar-refractivity contribution >= 4 is 28.2 Å². The van der Waals surface area contributed by atoms with E-state index in [1.807, 2.05) is 31.2 Å². The molecule has 0 atom stereocenters. The van der Waals surface area contributed by atoms with Gasteiger partial charge in [-0.2, -0.15) is 4.98 Å². The molecule has 0 aliphatic carbocycles. The maximum absolute atomic E-state index is 5.59. The van der Waals surface area contributed by atoms with E-state index >= 15 is 0 Å². The van der Waals surface area contributed by atoms with Gasteiger partial charge in [-0.1, -0.05) is 40.8 Å². The van der Waals surface area contributed by atoms with Gasteiger partial charge in [0.2, 0.25) is 11.7 Å². The number of thiazole rings is 1. The number of thioether (sulfide) groups is 1. The summed E-state index contributed by atoms with van der Waals surface area (Å²) in [6.07, 6.45) is 1.75. The number of aromatic nitrogens is 3. The molecule has 0 amide bonds. The van der Waals surface area contributed by atoms with Crippen LogP contribution in [-0.4, -0.2) is 15.1 Å². The van der Waals surface area contributed by atoms with Gasteiger partial charge in [-0.05, 0) is 12.5 Å². The number of nitrogens with zero attached hydrogens (tertiary/aromatic N) is 3. The molecule has 2 aromatic heterocycles. The summed E-state index contributed by atoms with van der Waals surface area (Å²) in [4.78, 5) is 8.42. The number of nitrogens with two attached hydrogens (primary N) is 1. The minimum absolute atomic E-state index is 0.568. The Kier molecular flexibility index (Phi) is 3.70. The molecule has 0 bridgehead atoms. The molecule has 0 aliphatic heterocycles. The summed E-state index contributed by atoms with van der Waals surface area (Å²) in [5.41, 5.74) is 7.71. The third kappa shape index (κ3) is 2.83. The summed E-state index contributed by atoms with van der Waals surface area (Å²) >= 11 is 3.04. The summed E-state index contributed by atoms with van der Waals surface area (Å²) in [5.74, 6) is 1.84. The van der Waals surface area contributed by atoms with Gasteiger partial charge >= 0.3 is 0 Å². The molecule has 0 fully saturated rings. The first-order valence-electron chi connectivity index (χ1n) is 5.95. The van der Waals surface area contributed by atoms with Crippen molar-refractivity contribution in [1.29, 1.82) is 0 Å². The van der Waals surface area contributed by atoms with Gasteiger partial charge in [-0.25, -0.2) is 4.98 Å². The predicted molar refractivity (Wildman–Crippen MR) is 80.6 cm³/mol. The Hall–Kier alpha value is -1.86. The Morgan fingerprint density at radius 3 is 2.95 bits per heavy atom. The zero-order valence-electron chi connectivity index (χ0n) is 10.7. The van der Waals surface area contributed by atoms with Gasteiger partial charge in [0.05, 0.1) is 16.2 Å². The Labute approximate surface area is 124 Å². The number of aryl methyl sites for hydroxylation is 1. The highest BCUT2D eigenvalue weighted by Crippen LogP contribution is 2.29. The van der Waals surface area contributed by atoms with Crippen molar-refractivity contribution in [3.8, 4) is 11.4 Å². The van der Waals surface area contributed by atoms with Crippen molar-refractivity contribution in [2.75, 3.05) is 5.73 Å². The molecule has 2 N–H and O–H groups in total. The van der Waals surface area contributed by atoms with Crippen LogP contribution in [0.5, 0.6) is 0 Å². The molecule has 0 unspecified atom stereocenters. The third-order valence-electron chi connectivity index (χ3n) is 2.69. The van der Waals surface area contributed by atoms with Crippen LogP contribution in [0.1, 0.15) is 11.5 Å². The van der Waals surface area contributed by atoms with Crippen LogP contribution in [-0.2, 0) is 5.75 Å². The van der Waals surface area contributed by atoms with E-state index in [2.05, 4.69) is 15.1 Å². The van der Waals surface area contributed by atoms with Gasteiger partial charge in [0, 0.05) is 5.56 Å². The lowest BCUT2D eigenvalue weighted by Gasteiger charge is -1.97. The molecule has 3 rings (SSSR count). The van der Waals surface area contributed by atoms with E-state index in [1.165, 1.54) is 11.3 Å². The minimum atomic E-state index is 0.568. The van der Waals surface area contributed by atoms with Crippen LogP contribution in [0.15, 0.2) is 39.2 Å². The summed E-state index contributed by atoms with van der Waals surface area (Å²) < 4.78 is 6.31. The molecule has 2 heterocycles. The summed E-state index contributed by atoms with van der Waals surface area (Å²) in [5, 5.41) is 4.60. The summed E-state index contributed by atoms with van der Waals surface area (Å²) in [7, 11) is 0. The van der Waals surface area contributed by atoms with Crippen LogP contribution in [0.3, 0.4) is 0 Å². The molecule has 5 nitrogen and oxygen atoms in total. The lowest BCUT2D eigenvalue weighted by Crippen LogP contribution is -1.85. The fourth-order valence-corrected chi connectivity index (χ4v) is 3.31. The highest BCUT2D eigenvalue weighted by atomic mass is 32.2. The topological polar surface area (TPSA) is 77.8 Å². The third-order valence-corrected chi connectivity index (χ3v) is 4.70. The maximum atomic E-state index is 5.59. The molecule has 7 heteroatoms. The van der Waals surface area contributed by atoms with Crippen molar-refractivity contribution in [1.82, 2.24) is 15.1 Å². The largest absolute Gasteiger partial charge is 0.375 e. The quantitative estimate of drug-likeness (QED) is 0.744. The van der Waals surface area contributed by atoms with Gasteiger partial charge in [0.1, 0.15) is 0 Å². The van der Waals surface area contributed by atoms with Gasteiger partial charge in [-0.15, -0.1) is 11.8 Å². The van der Waals surface area contributed by atoms with E-state index in [4.69, 9.17) is 10.3 Å².